The van der Waals surface area contributed by atoms with Crippen LogP contribution in [0.3, 0.4) is 0 Å². The van der Waals surface area contributed by atoms with Gasteiger partial charge in [-0.15, -0.1) is 22.7 Å². The highest BCUT2D eigenvalue weighted by Crippen LogP contribution is 2.32. The smallest absolute Gasteiger partial charge is 0.337 e. The largest absolute Gasteiger partial charge is 0.497 e. The number of thiophene rings is 1. The van der Waals surface area contributed by atoms with Crippen molar-refractivity contribution in [3.05, 3.63) is 87.9 Å². The molecular formula is C25H19N3O4S2. The Balaban J connectivity index is 1.39. The number of rotatable bonds is 6. The Kier molecular flexibility index (Phi) is 5.95. The van der Waals surface area contributed by atoms with Crippen LogP contribution in [0.25, 0.3) is 31.2 Å². The maximum atomic E-state index is 13.1. The van der Waals surface area contributed by atoms with Gasteiger partial charge in [-0.1, -0.05) is 12.1 Å². The predicted molar refractivity (Wildman–Crippen MR) is 134 cm³/mol. The third-order valence-corrected chi connectivity index (χ3v) is 7.42. The van der Waals surface area contributed by atoms with E-state index in [4.69, 9.17) is 9.47 Å². The van der Waals surface area contributed by atoms with Crippen molar-refractivity contribution in [2.24, 2.45) is 0 Å². The number of methoxy groups -OCH3 is 2. The highest BCUT2D eigenvalue weighted by Gasteiger charge is 2.13. The van der Waals surface area contributed by atoms with Crippen LogP contribution in [-0.4, -0.2) is 34.7 Å². The van der Waals surface area contributed by atoms with Crippen molar-refractivity contribution in [1.82, 2.24) is 14.5 Å². The minimum absolute atomic E-state index is 0.0910. The molecule has 0 bridgehead atoms. The monoisotopic (exact) mass is 489 g/mol. The van der Waals surface area contributed by atoms with Gasteiger partial charge in [0.1, 0.15) is 15.5 Å². The second-order valence-corrected chi connectivity index (χ2v) is 9.35. The Bertz CT molecular complexity index is 1530. The lowest BCUT2D eigenvalue weighted by molar-refractivity contribution is 0.0600. The molecule has 0 unspecified atom stereocenters. The number of ether oxygens (including phenoxy) is 2. The first-order valence-electron chi connectivity index (χ1n) is 10.3. The van der Waals surface area contributed by atoms with E-state index in [9.17, 15) is 9.59 Å². The fourth-order valence-electron chi connectivity index (χ4n) is 3.51. The zero-order valence-corrected chi connectivity index (χ0v) is 20.0. The number of hydrogen-bond donors (Lipinski definition) is 0. The van der Waals surface area contributed by atoms with Crippen molar-refractivity contribution in [1.29, 1.82) is 0 Å². The second-order valence-electron chi connectivity index (χ2n) is 7.44. The molecule has 3 heterocycles. The van der Waals surface area contributed by atoms with Crippen LogP contribution < -0.4 is 10.3 Å². The minimum atomic E-state index is -0.377. The molecule has 0 spiro atoms. The van der Waals surface area contributed by atoms with Crippen LogP contribution in [-0.2, 0) is 11.3 Å². The summed E-state index contributed by atoms with van der Waals surface area (Å²) in [6.07, 6.45) is 1.57. The average Bonchev–Trinajstić information content (AvgIpc) is 3.53. The first kappa shape index (κ1) is 22.0. The molecule has 3 aromatic heterocycles. The minimum Gasteiger partial charge on any atom is -0.497 e. The summed E-state index contributed by atoms with van der Waals surface area (Å²) in [6, 6.07) is 16.8. The zero-order valence-electron chi connectivity index (χ0n) is 18.3. The number of fused-ring (bicyclic) bond motifs is 1. The molecule has 0 amide bonds. The van der Waals surface area contributed by atoms with Crippen molar-refractivity contribution < 1.29 is 14.3 Å². The van der Waals surface area contributed by atoms with E-state index >= 15 is 0 Å². The van der Waals surface area contributed by atoms with E-state index in [0.29, 0.717) is 22.3 Å². The van der Waals surface area contributed by atoms with Gasteiger partial charge in [0.15, 0.2) is 0 Å². The van der Waals surface area contributed by atoms with E-state index in [-0.39, 0.29) is 11.5 Å². The summed E-state index contributed by atoms with van der Waals surface area (Å²) >= 11 is 2.92. The quantitative estimate of drug-likeness (QED) is 0.309. The van der Waals surface area contributed by atoms with E-state index in [1.807, 2.05) is 47.8 Å². The number of aromatic nitrogens is 3. The molecule has 9 heteroatoms. The van der Waals surface area contributed by atoms with Gasteiger partial charge in [0, 0.05) is 15.8 Å². The summed E-state index contributed by atoms with van der Waals surface area (Å²) in [5.41, 5.74) is 3.75. The van der Waals surface area contributed by atoms with Gasteiger partial charge in [-0.2, -0.15) is 0 Å². The molecule has 0 radical (unpaired) electrons. The fourth-order valence-corrected chi connectivity index (χ4v) is 5.39. The molecule has 0 aliphatic carbocycles. The highest BCUT2D eigenvalue weighted by atomic mass is 32.1. The van der Waals surface area contributed by atoms with E-state index in [2.05, 4.69) is 9.97 Å². The van der Waals surface area contributed by atoms with Crippen molar-refractivity contribution in [3.63, 3.8) is 0 Å². The summed E-state index contributed by atoms with van der Waals surface area (Å²) in [5, 5.41) is 2.74. The molecule has 2 aromatic carbocycles. The van der Waals surface area contributed by atoms with Crippen LogP contribution in [0.4, 0.5) is 0 Å². The number of benzene rings is 2. The van der Waals surface area contributed by atoms with Gasteiger partial charge in [-0.25, -0.2) is 14.8 Å². The zero-order chi connectivity index (χ0) is 23.7. The summed E-state index contributed by atoms with van der Waals surface area (Å²) in [4.78, 5) is 34.9. The Morgan fingerprint density at radius 1 is 1.03 bits per heavy atom. The number of nitrogens with zero attached hydrogens (tertiary/aromatic N) is 3. The number of thiazole rings is 1. The van der Waals surface area contributed by atoms with Gasteiger partial charge in [-0.3, -0.25) is 9.36 Å². The van der Waals surface area contributed by atoms with Gasteiger partial charge in [0.05, 0.1) is 43.9 Å². The molecule has 7 nitrogen and oxygen atoms in total. The summed E-state index contributed by atoms with van der Waals surface area (Å²) in [5.74, 6) is 0.407. The van der Waals surface area contributed by atoms with Crippen LogP contribution >= 0.6 is 22.7 Å². The topological polar surface area (TPSA) is 83.3 Å². The normalized spacial score (nSPS) is 11.0. The molecular weight excluding hydrogens is 470 g/mol. The second kappa shape index (κ2) is 9.20. The highest BCUT2D eigenvalue weighted by molar-refractivity contribution is 7.22. The molecule has 0 aliphatic rings. The third kappa shape index (κ3) is 4.23. The first-order chi connectivity index (χ1) is 16.6. The van der Waals surface area contributed by atoms with E-state index in [1.165, 1.54) is 29.8 Å². The lowest BCUT2D eigenvalue weighted by Gasteiger charge is -2.02. The molecule has 0 atom stereocenters. The van der Waals surface area contributed by atoms with Gasteiger partial charge in [-0.05, 0) is 48.0 Å². The summed E-state index contributed by atoms with van der Waals surface area (Å²) in [7, 11) is 2.99. The number of carbonyl (C=O) groups excluding carboxylic acids is 1. The standard InChI is InChI=1S/C25H19N3O4S2/c1-31-19-9-7-15(8-10-19)21-11-20-22(34-21)24(29)28(14-26-20)12-18-13-33-23(27-18)16-3-5-17(6-4-16)25(30)32-2/h3-11,13-14H,12H2,1-2H3. The third-order valence-electron chi connectivity index (χ3n) is 5.32. The first-order valence-corrected chi connectivity index (χ1v) is 12.0. The maximum Gasteiger partial charge on any atom is 0.337 e. The summed E-state index contributed by atoms with van der Waals surface area (Å²) < 4.78 is 12.1. The van der Waals surface area contributed by atoms with Gasteiger partial charge < -0.3 is 9.47 Å². The SMILES string of the molecule is COC(=O)c1ccc(-c2nc(Cn3cnc4cc(-c5ccc(OC)cc5)sc4c3=O)cs2)cc1. The lowest BCUT2D eigenvalue weighted by atomic mass is 10.1. The van der Waals surface area contributed by atoms with Crippen molar-refractivity contribution in [2.45, 2.75) is 6.54 Å². The summed E-state index contributed by atoms with van der Waals surface area (Å²) in [6.45, 7) is 0.328. The Hall–Kier alpha value is -3.82. The van der Waals surface area contributed by atoms with Crippen molar-refractivity contribution >= 4 is 38.9 Å². The van der Waals surface area contributed by atoms with Gasteiger partial charge in [0.2, 0.25) is 0 Å². The Morgan fingerprint density at radius 2 is 1.76 bits per heavy atom. The van der Waals surface area contributed by atoms with Crippen LogP contribution in [0.15, 0.2) is 71.1 Å². The molecule has 0 saturated carbocycles. The molecule has 170 valence electrons. The lowest BCUT2D eigenvalue weighted by Crippen LogP contribution is -2.20. The molecule has 5 aromatic rings. The van der Waals surface area contributed by atoms with E-state index in [0.717, 1.165) is 32.5 Å². The molecule has 0 N–H and O–H groups in total. The Labute approximate surface area is 202 Å². The number of hydrogen-bond acceptors (Lipinski definition) is 8. The molecule has 0 saturated heterocycles. The van der Waals surface area contributed by atoms with Crippen molar-refractivity contribution in [2.75, 3.05) is 14.2 Å². The van der Waals surface area contributed by atoms with E-state index in [1.54, 1.807) is 30.1 Å². The molecule has 0 aliphatic heterocycles. The maximum absolute atomic E-state index is 13.1. The molecule has 5 rings (SSSR count). The van der Waals surface area contributed by atoms with Gasteiger partial charge >= 0.3 is 5.97 Å². The van der Waals surface area contributed by atoms with Gasteiger partial charge in [0.25, 0.3) is 5.56 Å². The van der Waals surface area contributed by atoms with Crippen LogP contribution in [0, 0.1) is 0 Å². The molecule has 0 fully saturated rings. The fraction of sp³-hybridized carbons (Fsp3) is 0.120. The van der Waals surface area contributed by atoms with Crippen LogP contribution in [0.2, 0.25) is 0 Å². The van der Waals surface area contributed by atoms with Crippen molar-refractivity contribution in [3.8, 4) is 26.8 Å². The average molecular weight is 490 g/mol. The van der Waals surface area contributed by atoms with E-state index < -0.39 is 0 Å². The Morgan fingerprint density at radius 3 is 2.47 bits per heavy atom. The number of esters is 1. The van der Waals surface area contributed by atoms with Crippen LogP contribution in [0.1, 0.15) is 16.1 Å². The predicted octanol–water partition coefficient (Wildman–Crippen LogP) is 5.09. The molecule has 34 heavy (non-hydrogen) atoms. The number of carbonyl (C=O) groups is 1. The van der Waals surface area contributed by atoms with Crippen LogP contribution in [0.5, 0.6) is 5.75 Å².